The first-order valence-corrected chi connectivity index (χ1v) is 24.0. The minimum Gasteiger partial charge on any atom is -0.311 e. The van der Waals surface area contributed by atoms with Gasteiger partial charge in [0.25, 0.3) is 22.9 Å². The molecule has 2 amide bonds. The van der Waals surface area contributed by atoms with E-state index in [1.165, 1.54) is 0 Å². The predicted molar refractivity (Wildman–Crippen MR) is 293 cm³/mol. The smallest absolute Gasteiger partial charge is 0.277 e. The molecule has 354 valence electrons. The number of halogens is 4. The zero-order chi connectivity index (χ0) is 50.7. The maximum absolute atomic E-state index is 13.2. The highest BCUT2D eigenvalue weighted by Gasteiger charge is 2.23. The van der Waals surface area contributed by atoms with E-state index in [1.807, 2.05) is 137 Å². The van der Waals surface area contributed by atoms with Crippen LogP contribution in [0.1, 0.15) is 58.9 Å². The van der Waals surface area contributed by atoms with E-state index in [2.05, 4.69) is 9.98 Å². The lowest BCUT2D eigenvalue weighted by atomic mass is 9.94. The highest BCUT2D eigenvalue weighted by atomic mass is 35.5. The number of fused-ring (bicyclic) bond motifs is 2. The van der Waals surface area contributed by atoms with E-state index in [9.17, 15) is 19.2 Å². The third kappa shape index (κ3) is 11.4. The van der Waals surface area contributed by atoms with E-state index < -0.39 is 5.41 Å². The molecule has 0 saturated heterocycles. The van der Waals surface area contributed by atoms with Crippen molar-refractivity contribution in [2.24, 2.45) is 29.5 Å². The molecule has 9 aromatic rings. The van der Waals surface area contributed by atoms with Crippen molar-refractivity contribution in [2.45, 2.75) is 27.7 Å². The summed E-state index contributed by atoms with van der Waals surface area (Å²) in [6.07, 6.45) is 0. The Labute approximate surface area is 431 Å². The Morgan fingerprint density at radius 2 is 0.845 bits per heavy atom. The van der Waals surface area contributed by atoms with Crippen LogP contribution in [0.2, 0.25) is 20.1 Å². The van der Waals surface area contributed by atoms with E-state index in [4.69, 9.17) is 46.4 Å². The quantitative estimate of drug-likeness (QED) is 0.148. The van der Waals surface area contributed by atoms with Gasteiger partial charge in [-0.15, -0.1) is 0 Å². The van der Waals surface area contributed by atoms with Crippen molar-refractivity contribution in [3.8, 4) is 22.3 Å². The van der Waals surface area contributed by atoms with Gasteiger partial charge in [-0.25, -0.2) is 9.98 Å². The highest BCUT2D eigenvalue weighted by Crippen LogP contribution is 2.33. The van der Waals surface area contributed by atoms with Crippen LogP contribution >= 0.6 is 46.4 Å². The van der Waals surface area contributed by atoms with Crippen LogP contribution in [-0.4, -0.2) is 32.4 Å². The normalized spacial score (nSPS) is 11.9. The molecule has 0 atom stereocenters. The van der Waals surface area contributed by atoms with Crippen molar-refractivity contribution in [1.82, 2.24) is 9.13 Å². The molecule has 0 aliphatic heterocycles. The zero-order valence-corrected chi connectivity index (χ0v) is 42.6. The Kier molecular flexibility index (Phi) is 14.9. The molecule has 9 rings (SSSR count). The maximum Gasteiger partial charge on any atom is 0.277 e. The number of amides is 2. The van der Waals surface area contributed by atoms with Gasteiger partial charge < -0.3 is 9.13 Å². The average molecular weight is 1020 g/mol. The van der Waals surface area contributed by atoms with Gasteiger partial charge in [-0.3, -0.25) is 19.2 Å². The standard InChI is InChI=1S/C31H22Cl2N2O2.C28H24Cl2N2O2/c1-19-6-8-21(9-7-19)31(37)34-30(20-10-13-24(32)14-11-20)23-12-15-28-27(17-23)26(18-29(36)35(28)2)22-4-3-5-25(33)16-22;1-28(2,3)27(34)31-26(17-8-11-20(29)12-9-17)19-10-13-24-23(15-19)22(16-25(33)32(24)4)18-6-5-7-21(30)14-18/h3-18H,1-2H3;5-16H,1-4H3. The van der Waals surface area contributed by atoms with Crippen LogP contribution in [-0.2, 0) is 18.9 Å². The van der Waals surface area contributed by atoms with Crippen molar-refractivity contribution in [3.05, 3.63) is 244 Å². The zero-order valence-electron chi connectivity index (χ0n) is 39.6. The summed E-state index contributed by atoms with van der Waals surface area (Å²) in [5, 5.41) is 4.04. The molecule has 71 heavy (non-hydrogen) atoms. The number of hydrogen-bond acceptors (Lipinski definition) is 4. The average Bonchev–Trinajstić information content (AvgIpc) is 3.35. The van der Waals surface area contributed by atoms with Crippen molar-refractivity contribution >= 4 is 91.4 Å². The van der Waals surface area contributed by atoms with E-state index in [0.29, 0.717) is 37.1 Å². The second-order valence-corrected chi connectivity index (χ2v) is 19.8. The van der Waals surface area contributed by atoms with Gasteiger partial charge >= 0.3 is 0 Å². The molecule has 12 heteroatoms. The van der Waals surface area contributed by atoms with Crippen LogP contribution in [0.4, 0.5) is 0 Å². The summed E-state index contributed by atoms with van der Waals surface area (Å²) >= 11 is 24.7. The van der Waals surface area contributed by atoms with Gasteiger partial charge in [-0.1, -0.05) is 146 Å². The SMILES string of the molecule is Cc1ccc(C(=O)N=C(c2ccc(Cl)cc2)c2ccc3c(c2)c(-c2cccc(Cl)c2)cc(=O)n3C)cc1.Cn1c(=O)cc(-c2cccc(Cl)c2)c2cc(C(=NC(=O)C(C)(C)C)c3ccc(Cl)cc3)ccc21. The molecule has 2 heterocycles. The van der Waals surface area contributed by atoms with Gasteiger partial charge in [0.2, 0.25) is 0 Å². The minimum absolute atomic E-state index is 0.121. The monoisotopic (exact) mass is 1010 g/mol. The second-order valence-electron chi connectivity index (χ2n) is 18.1. The summed E-state index contributed by atoms with van der Waals surface area (Å²) in [5.74, 6) is -0.575. The Balaban J connectivity index is 0.000000191. The number of benzene rings is 7. The number of aromatic nitrogens is 2. The Bertz CT molecular complexity index is 3720. The number of nitrogens with zero attached hydrogens (tertiary/aromatic N) is 4. The molecule has 0 spiro atoms. The fourth-order valence-electron chi connectivity index (χ4n) is 7.94. The van der Waals surface area contributed by atoms with E-state index in [0.717, 1.165) is 71.9 Å². The van der Waals surface area contributed by atoms with Crippen LogP contribution < -0.4 is 11.1 Å². The number of carbonyl (C=O) groups excluding carboxylic acids is 2. The summed E-state index contributed by atoms with van der Waals surface area (Å²) in [4.78, 5) is 60.6. The predicted octanol–water partition coefficient (Wildman–Crippen LogP) is 14.4. The van der Waals surface area contributed by atoms with Crippen molar-refractivity contribution in [2.75, 3.05) is 0 Å². The molecule has 0 aliphatic rings. The van der Waals surface area contributed by atoms with Crippen LogP contribution in [0, 0.1) is 12.3 Å². The molecule has 8 nitrogen and oxygen atoms in total. The molecular weight excluding hydrogens is 970 g/mol. The molecule has 0 saturated carbocycles. The largest absolute Gasteiger partial charge is 0.311 e. The van der Waals surface area contributed by atoms with Crippen LogP contribution in [0.3, 0.4) is 0 Å². The van der Waals surface area contributed by atoms with Gasteiger partial charge in [-0.2, -0.15) is 0 Å². The first-order chi connectivity index (χ1) is 33.8. The molecule has 0 fully saturated rings. The topological polar surface area (TPSA) is 103 Å². The van der Waals surface area contributed by atoms with Gasteiger partial charge in [-0.05, 0) is 114 Å². The van der Waals surface area contributed by atoms with Gasteiger partial charge in [0.1, 0.15) is 0 Å². The fourth-order valence-corrected chi connectivity index (χ4v) is 8.58. The second kappa shape index (κ2) is 21.0. The fraction of sp³-hybridized carbons (Fsp3) is 0.119. The van der Waals surface area contributed by atoms with E-state index in [1.54, 1.807) is 83.9 Å². The number of hydrogen-bond donors (Lipinski definition) is 0. The minimum atomic E-state index is -0.635. The Morgan fingerprint density at radius 3 is 1.25 bits per heavy atom. The van der Waals surface area contributed by atoms with Crippen molar-refractivity contribution in [3.63, 3.8) is 0 Å². The first-order valence-electron chi connectivity index (χ1n) is 22.5. The number of rotatable bonds is 7. The lowest BCUT2D eigenvalue weighted by Crippen LogP contribution is -2.20. The molecular formula is C59H46Cl4N4O4. The number of pyridine rings is 2. The summed E-state index contributed by atoms with van der Waals surface area (Å²) in [7, 11) is 3.48. The summed E-state index contributed by atoms with van der Waals surface area (Å²) in [5.41, 5.74) is 9.45. The molecule has 0 bridgehead atoms. The molecule has 0 unspecified atom stereocenters. The van der Waals surface area contributed by atoms with Gasteiger partial charge in [0, 0.05) is 90.3 Å². The Hall–Kier alpha value is -7.20. The molecule has 0 radical (unpaired) electrons. The number of aryl methyl sites for hydroxylation is 3. The van der Waals surface area contributed by atoms with Gasteiger partial charge in [0.05, 0.1) is 22.5 Å². The molecule has 0 N–H and O–H groups in total. The van der Waals surface area contributed by atoms with Crippen molar-refractivity contribution in [1.29, 1.82) is 0 Å². The summed E-state index contributed by atoms with van der Waals surface area (Å²) in [6, 6.07) is 51.2. The lowest BCUT2D eigenvalue weighted by molar-refractivity contribution is -0.124. The third-order valence-electron chi connectivity index (χ3n) is 11.9. The molecule has 7 aromatic carbocycles. The van der Waals surface area contributed by atoms with E-state index in [-0.39, 0.29) is 22.9 Å². The summed E-state index contributed by atoms with van der Waals surface area (Å²) < 4.78 is 3.20. The highest BCUT2D eigenvalue weighted by molar-refractivity contribution is 6.32. The van der Waals surface area contributed by atoms with Gasteiger partial charge in [0.15, 0.2) is 0 Å². The van der Waals surface area contributed by atoms with Crippen molar-refractivity contribution < 1.29 is 9.59 Å². The first kappa shape index (κ1) is 50.2. The Morgan fingerprint density at radius 1 is 0.451 bits per heavy atom. The van der Waals surface area contributed by atoms with Crippen LogP contribution in [0.5, 0.6) is 0 Å². The maximum atomic E-state index is 13.2. The summed E-state index contributed by atoms with van der Waals surface area (Å²) in [6.45, 7) is 7.49. The molecule has 2 aromatic heterocycles. The van der Waals surface area contributed by atoms with Crippen LogP contribution in [0.25, 0.3) is 44.1 Å². The van der Waals surface area contributed by atoms with Crippen LogP contribution in [0.15, 0.2) is 189 Å². The molecule has 0 aliphatic carbocycles. The lowest BCUT2D eigenvalue weighted by Gasteiger charge is -2.16. The number of aliphatic imine (C=N–C) groups is 2. The third-order valence-corrected chi connectivity index (χ3v) is 12.9. The van der Waals surface area contributed by atoms with E-state index >= 15 is 0 Å². The number of carbonyl (C=O) groups is 2.